The number of carbonyl (C=O) groups is 3. The first-order chi connectivity index (χ1) is 18.8. The summed E-state index contributed by atoms with van der Waals surface area (Å²) in [7, 11) is 0. The molecule has 2 aromatic carbocycles. The van der Waals surface area contributed by atoms with E-state index in [0.717, 1.165) is 17.5 Å². The van der Waals surface area contributed by atoms with Gasteiger partial charge in [-0.25, -0.2) is 9.59 Å². The molecule has 2 heterocycles. The largest absolute Gasteiger partial charge is 0.463 e. The van der Waals surface area contributed by atoms with Crippen LogP contribution in [0.2, 0.25) is 5.02 Å². The summed E-state index contributed by atoms with van der Waals surface area (Å²) in [6, 6.07) is 13.7. The van der Waals surface area contributed by atoms with Crippen molar-refractivity contribution in [3.05, 3.63) is 94.2 Å². The van der Waals surface area contributed by atoms with Crippen LogP contribution in [0.5, 0.6) is 0 Å². The maximum atomic E-state index is 13.4. The zero-order valence-corrected chi connectivity index (χ0v) is 23.2. The van der Waals surface area contributed by atoms with Gasteiger partial charge in [0.25, 0.3) is 5.91 Å². The highest BCUT2D eigenvalue weighted by Gasteiger charge is 2.38. The Balaban J connectivity index is 1.63. The predicted molar refractivity (Wildman–Crippen MR) is 151 cm³/mol. The Kier molecular flexibility index (Phi) is 9.43. The number of esters is 1. The number of amides is 3. The van der Waals surface area contributed by atoms with E-state index in [0.29, 0.717) is 54.6 Å². The number of nitrogens with zero attached hydrogens (tertiary/aromatic N) is 3. The molecule has 1 unspecified atom stereocenters. The molecular formula is C30H35ClN4O4. The summed E-state index contributed by atoms with van der Waals surface area (Å²) >= 11 is 5.99. The van der Waals surface area contributed by atoms with Crippen molar-refractivity contribution in [3.63, 3.8) is 0 Å². The Morgan fingerprint density at radius 3 is 2.46 bits per heavy atom. The Hall–Kier alpha value is -3.62. The number of urea groups is 1. The van der Waals surface area contributed by atoms with E-state index in [1.54, 1.807) is 42.2 Å². The number of benzene rings is 2. The number of aryl methyl sites for hydroxylation is 1. The average molecular weight is 551 g/mol. The first-order valence-electron chi connectivity index (χ1n) is 13.2. The third-order valence-corrected chi connectivity index (χ3v) is 7.25. The highest BCUT2D eigenvalue weighted by atomic mass is 35.5. The van der Waals surface area contributed by atoms with Gasteiger partial charge < -0.3 is 15.0 Å². The van der Waals surface area contributed by atoms with E-state index in [1.807, 2.05) is 36.1 Å². The topological polar surface area (TPSA) is 82.2 Å². The monoisotopic (exact) mass is 550 g/mol. The molecule has 1 saturated heterocycles. The first-order valence-corrected chi connectivity index (χ1v) is 13.6. The van der Waals surface area contributed by atoms with Crippen LogP contribution in [0.4, 0.5) is 4.79 Å². The molecule has 1 N–H and O–H groups in total. The maximum absolute atomic E-state index is 13.4. The van der Waals surface area contributed by atoms with Crippen LogP contribution in [0.3, 0.4) is 0 Å². The van der Waals surface area contributed by atoms with E-state index < -0.39 is 12.0 Å². The summed E-state index contributed by atoms with van der Waals surface area (Å²) < 4.78 is 5.49. The zero-order valence-electron chi connectivity index (χ0n) is 22.5. The summed E-state index contributed by atoms with van der Waals surface area (Å²) in [6.45, 7) is 10.9. The summed E-state index contributed by atoms with van der Waals surface area (Å²) in [5.41, 5.74) is 3.50. The average Bonchev–Trinajstić information content (AvgIpc) is 3.16. The Bertz CT molecular complexity index is 1240. The predicted octanol–water partition coefficient (Wildman–Crippen LogP) is 4.57. The first kappa shape index (κ1) is 28.4. The van der Waals surface area contributed by atoms with Crippen molar-refractivity contribution in [2.75, 3.05) is 45.9 Å². The lowest BCUT2D eigenvalue weighted by molar-refractivity contribution is -0.139. The van der Waals surface area contributed by atoms with E-state index in [2.05, 4.69) is 16.8 Å². The summed E-state index contributed by atoms with van der Waals surface area (Å²) in [6.07, 6.45) is 2.40. The molecule has 1 fully saturated rings. The lowest BCUT2D eigenvalue weighted by Gasteiger charge is -2.38. The lowest BCUT2D eigenvalue weighted by atomic mass is 9.93. The fraction of sp³-hybridized carbons (Fsp3) is 0.367. The van der Waals surface area contributed by atoms with Crippen LogP contribution in [0.15, 0.2) is 72.5 Å². The van der Waals surface area contributed by atoms with Gasteiger partial charge in [0.2, 0.25) is 0 Å². The molecular weight excluding hydrogens is 516 g/mol. The molecule has 4 rings (SSSR count). The van der Waals surface area contributed by atoms with Crippen LogP contribution in [0.25, 0.3) is 0 Å². The SMILES string of the molecule is C=CCN1C(=O)NC(c2ccc(C)cc2)C(C(=O)OCC)=C1CN1CCCN(C(=O)c2ccc(Cl)cc2)CC1. The fourth-order valence-electron chi connectivity index (χ4n) is 4.97. The normalized spacial score (nSPS) is 18.4. The molecule has 0 aromatic heterocycles. The van der Waals surface area contributed by atoms with Crippen molar-refractivity contribution < 1.29 is 19.1 Å². The molecule has 9 heteroatoms. The summed E-state index contributed by atoms with van der Waals surface area (Å²) in [5, 5.41) is 3.59. The molecule has 1 atom stereocenters. The van der Waals surface area contributed by atoms with Crippen molar-refractivity contribution in [1.82, 2.24) is 20.0 Å². The van der Waals surface area contributed by atoms with Crippen LogP contribution >= 0.6 is 11.6 Å². The molecule has 2 aliphatic rings. The van der Waals surface area contributed by atoms with Crippen molar-refractivity contribution >= 4 is 29.5 Å². The van der Waals surface area contributed by atoms with Crippen LogP contribution < -0.4 is 5.32 Å². The standard InChI is InChI=1S/C30H35ClN4O4/c1-4-15-35-25(20-33-16-6-17-34(19-18-33)28(36)23-11-13-24(31)14-12-23)26(29(37)39-5-2)27(32-30(35)38)22-9-7-21(3)8-10-22/h4,7-14,27H,1,5-6,15-20H2,2-3H3,(H,32,38). The molecule has 8 nitrogen and oxygen atoms in total. The third kappa shape index (κ3) is 6.69. The number of ether oxygens (including phenoxy) is 1. The van der Waals surface area contributed by atoms with Crippen LogP contribution in [0, 0.1) is 6.92 Å². The van der Waals surface area contributed by atoms with Crippen LogP contribution in [-0.4, -0.2) is 78.5 Å². The van der Waals surface area contributed by atoms with Gasteiger partial charge in [0, 0.05) is 55.6 Å². The number of hydrogen-bond acceptors (Lipinski definition) is 5. The van der Waals surface area contributed by atoms with Crippen LogP contribution in [-0.2, 0) is 9.53 Å². The fourth-order valence-corrected chi connectivity index (χ4v) is 5.10. The van der Waals surface area contributed by atoms with Gasteiger partial charge in [0.1, 0.15) is 0 Å². The zero-order chi connectivity index (χ0) is 27.9. The minimum Gasteiger partial charge on any atom is -0.463 e. The van der Waals surface area contributed by atoms with Crippen molar-refractivity contribution in [2.45, 2.75) is 26.3 Å². The van der Waals surface area contributed by atoms with E-state index in [9.17, 15) is 14.4 Å². The number of nitrogens with one attached hydrogen (secondary N) is 1. The molecule has 2 aromatic rings. The van der Waals surface area contributed by atoms with Gasteiger partial charge in [-0.15, -0.1) is 6.58 Å². The third-order valence-electron chi connectivity index (χ3n) is 7.00. The second-order valence-corrected chi connectivity index (χ2v) is 10.1. The molecule has 39 heavy (non-hydrogen) atoms. The Labute approximate surface area is 234 Å². The van der Waals surface area contributed by atoms with Gasteiger partial charge >= 0.3 is 12.0 Å². The highest BCUT2D eigenvalue weighted by Crippen LogP contribution is 2.32. The van der Waals surface area contributed by atoms with Gasteiger partial charge in [-0.1, -0.05) is 47.5 Å². The quantitative estimate of drug-likeness (QED) is 0.385. The number of hydrogen-bond donors (Lipinski definition) is 1. The number of halogens is 1. The molecule has 3 amide bonds. The minimum absolute atomic E-state index is 0.0373. The van der Waals surface area contributed by atoms with E-state index in [4.69, 9.17) is 16.3 Å². The molecule has 0 saturated carbocycles. The van der Waals surface area contributed by atoms with Gasteiger partial charge in [-0.3, -0.25) is 14.6 Å². The maximum Gasteiger partial charge on any atom is 0.338 e. The lowest BCUT2D eigenvalue weighted by Crippen LogP contribution is -2.51. The summed E-state index contributed by atoms with van der Waals surface area (Å²) in [4.78, 5) is 45.4. The van der Waals surface area contributed by atoms with Gasteiger partial charge in [-0.2, -0.15) is 0 Å². The van der Waals surface area contributed by atoms with Crippen molar-refractivity contribution in [3.8, 4) is 0 Å². The number of carbonyl (C=O) groups excluding carboxylic acids is 3. The number of rotatable bonds is 8. The van der Waals surface area contributed by atoms with E-state index in [1.165, 1.54) is 0 Å². The molecule has 0 aliphatic carbocycles. The molecule has 2 aliphatic heterocycles. The van der Waals surface area contributed by atoms with Crippen molar-refractivity contribution in [2.24, 2.45) is 0 Å². The highest BCUT2D eigenvalue weighted by molar-refractivity contribution is 6.30. The molecule has 0 bridgehead atoms. The Morgan fingerprint density at radius 2 is 1.79 bits per heavy atom. The second-order valence-electron chi connectivity index (χ2n) is 9.70. The van der Waals surface area contributed by atoms with Gasteiger partial charge in [0.15, 0.2) is 0 Å². The summed E-state index contributed by atoms with van der Waals surface area (Å²) in [5.74, 6) is -0.494. The van der Waals surface area contributed by atoms with Gasteiger partial charge in [-0.05, 0) is 50.1 Å². The Morgan fingerprint density at radius 1 is 1.08 bits per heavy atom. The molecule has 206 valence electrons. The smallest absolute Gasteiger partial charge is 0.338 e. The molecule has 0 radical (unpaired) electrons. The van der Waals surface area contributed by atoms with Gasteiger partial charge in [0.05, 0.1) is 18.2 Å². The minimum atomic E-state index is -0.636. The molecule has 0 spiro atoms. The second kappa shape index (κ2) is 13.0. The van der Waals surface area contributed by atoms with Crippen molar-refractivity contribution in [1.29, 1.82) is 0 Å². The van der Waals surface area contributed by atoms with Crippen LogP contribution in [0.1, 0.15) is 40.9 Å². The van der Waals surface area contributed by atoms with E-state index in [-0.39, 0.29) is 25.1 Å². The van der Waals surface area contributed by atoms with E-state index >= 15 is 0 Å².